The predicted octanol–water partition coefficient (Wildman–Crippen LogP) is 3.42. The lowest BCUT2D eigenvalue weighted by Gasteiger charge is -2.37. The van der Waals surface area contributed by atoms with E-state index in [1.807, 2.05) is 0 Å². The average Bonchev–Trinajstić information content (AvgIpc) is 3.60. The fourth-order valence-electron chi connectivity index (χ4n) is 7.15. The minimum atomic E-state index is -0.739. The fourth-order valence-corrected chi connectivity index (χ4v) is 7.15. The van der Waals surface area contributed by atoms with E-state index in [9.17, 15) is 29.3 Å². The molecule has 2 aliphatic heterocycles. The standard InChI is InChI=1S/C29H25N3O7/c1-14-2-3-17(11-23(14)32(37)38)30-13-15(10-24(30)33)29(36)39-18-6-4-16(5-7-18)31-27(34)25-19-8-9-20(22-12-21(19)22)26(25)28(31)35/h2-9,11,15,19-22,25-26H,10,12-13H2,1H3/t15-,19+,20+,21-,22+,25-,26-/m1/s1. The molecule has 2 bridgehead atoms. The van der Waals surface area contributed by atoms with Crippen LogP contribution in [0.2, 0.25) is 0 Å². The first kappa shape index (κ1) is 23.8. The molecule has 0 radical (unpaired) electrons. The second-order valence-corrected chi connectivity index (χ2v) is 11.2. The average molecular weight is 528 g/mol. The van der Waals surface area contributed by atoms with Crippen LogP contribution in [0.4, 0.5) is 17.1 Å². The van der Waals surface area contributed by atoms with Crippen LogP contribution >= 0.6 is 0 Å². The third-order valence-electron chi connectivity index (χ3n) is 9.14. The quantitative estimate of drug-likeness (QED) is 0.146. The predicted molar refractivity (Wildman–Crippen MR) is 138 cm³/mol. The molecule has 2 aromatic rings. The topological polar surface area (TPSA) is 127 Å². The number of anilines is 2. The number of imide groups is 1. The third kappa shape index (κ3) is 3.54. The van der Waals surface area contributed by atoms with Crippen LogP contribution in [0.25, 0.3) is 0 Å². The molecule has 0 N–H and O–H groups in total. The summed E-state index contributed by atoms with van der Waals surface area (Å²) >= 11 is 0. The molecule has 10 heteroatoms. The molecule has 10 nitrogen and oxygen atoms in total. The Kier molecular flexibility index (Phi) is 5.07. The van der Waals surface area contributed by atoms with Crippen LogP contribution in [-0.2, 0) is 19.2 Å². The van der Waals surface area contributed by atoms with Crippen LogP contribution in [-0.4, -0.2) is 35.2 Å². The maximum atomic E-state index is 13.3. The Labute approximate surface area is 223 Å². The van der Waals surface area contributed by atoms with Gasteiger partial charge in [0, 0.05) is 24.6 Å². The Balaban J connectivity index is 1.03. The number of allylic oxidation sites excluding steroid dienone is 2. The number of benzene rings is 2. The molecule has 2 aromatic carbocycles. The molecule has 2 heterocycles. The summed E-state index contributed by atoms with van der Waals surface area (Å²) in [7, 11) is 0. The van der Waals surface area contributed by atoms with E-state index < -0.39 is 16.8 Å². The van der Waals surface area contributed by atoms with Crippen LogP contribution in [0.1, 0.15) is 18.4 Å². The summed E-state index contributed by atoms with van der Waals surface area (Å²) in [6.45, 7) is 1.67. The second-order valence-electron chi connectivity index (χ2n) is 11.2. The molecule has 0 unspecified atom stereocenters. The number of aryl methyl sites for hydroxylation is 1. The summed E-state index contributed by atoms with van der Waals surface area (Å²) < 4.78 is 5.52. The molecular formula is C29H25N3O7. The van der Waals surface area contributed by atoms with Crippen molar-refractivity contribution in [3.63, 3.8) is 0 Å². The van der Waals surface area contributed by atoms with Gasteiger partial charge in [-0.2, -0.15) is 0 Å². The van der Waals surface area contributed by atoms with Gasteiger partial charge in [0.25, 0.3) is 5.69 Å². The zero-order valence-electron chi connectivity index (χ0n) is 21.1. The van der Waals surface area contributed by atoms with E-state index in [0.717, 1.165) is 6.42 Å². The number of carbonyl (C=O) groups excluding carboxylic acids is 4. The molecule has 7 atom stereocenters. The number of carbonyl (C=O) groups is 4. The van der Waals surface area contributed by atoms with Crippen molar-refractivity contribution in [2.24, 2.45) is 41.4 Å². The summed E-state index contributed by atoms with van der Waals surface area (Å²) in [4.78, 5) is 65.5. The van der Waals surface area contributed by atoms with Crippen molar-refractivity contribution in [1.82, 2.24) is 0 Å². The molecule has 39 heavy (non-hydrogen) atoms. The second kappa shape index (κ2) is 8.33. The number of hydrogen-bond acceptors (Lipinski definition) is 7. The third-order valence-corrected chi connectivity index (χ3v) is 9.14. The highest BCUT2D eigenvalue weighted by molar-refractivity contribution is 6.22. The van der Waals surface area contributed by atoms with Gasteiger partial charge in [0.05, 0.1) is 34.1 Å². The zero-order valence-corrected chi connectivity index (χ0v) is 21.1. The number of nitro groups is 1. The lowest BCUT2D eigenvalue weighted by molar-refractivity contribution is -0.385. The van der Waals surface area contributed by atoms with Gasteiger partial charge in [-0.05, 0) is 67.3 Å². The van der Waals surface area contributed by atoms with E-state index in [1.165, 1.54) is 28.0 Å². The van der Waals surface area contributed by atoms with Crippen LogP contribution in [0, 0.1) is 58.5 Å². The van der Waals surface area contributed by atoms with Gasteiger partial charge in [0.2, 0.25) is 17.7 Å². The highest BCUT2D eigenvalue weighted by atomic mass is 16.6. The number of amides is 3. The molecule has 0 spiro atoms. The molecular weight excluding hydrogens is 502 g/mol. The minimum Gasteiger partial charge on any atom is -0.426 e. The van der Waals surface area contributed by atoms with Gasteiger partial charge in [-0.15, -0.1) is 0 Å². The first-order valence-electron chi connectivity index (χ1n) is 13.2. The van der Waals surface area contributed by atoms with E-state index >= 15 is 0 Å². The molecule has 198 valence electrons. The number of rotatable bonds is 5. The number of ether oxygens (including phenoxy) is 1. The minimum absolute atomic E-state index is 0.0495. The van der Waals surface area contributed by atoms with Gasteiger partial charge < -0.3 is 9.64 Å². The van der Waals surface area contributed by atoms with Crippen LogP contribution in [0.5, 0.6) is 5.75 Å². The van der Waals surface area contributed by atoms with Gasteiger partial charge in [-0.25, -0.2) is 0 Å². The lowest BCUT2D eigenvalue weighted by Crippen LogP contribution is -2.40. The summed E-state index contributed by atoms with van der Waals surface area (Å²) in [5, 5.41) is 11.3. The van der Waals surface area contributed by atoms with Gasteiger partial charge >= 0.3 is 5.97 Å². The van der Waals surface area contributed by atoms with Crippen molar-refractivity contribution in [2.75, 3.05) is 16.3 Å². The maximum Gasteiger partial charge on any atom is 0.316 e. The zero-order chi connectivity index (χ0) is 27.2. The molecule has 4 aliphatic carbocycles. The van der Waals surface area contributed by atoms with Crippen molar-refractivity contribution in [1.29, 1.82) is 0 Å². The summed E-state index contributed by atoms with van der Waals surface area (Å²) in [5.74, 6) is -0.951. The first-order valence-corrected chi connectivity index (χ1v) is 13.2. The van der Waals surface area contributed by atoms with Crippen LogP contribution in [0.3, 0.4) is 0 Å². The Hall–Kier alpha value is -4.34. The summed E-state index contributed by atoms with van der Waals surface area (Å²) in [6, 6.07) is 10.8. The largest absolute Gasteiger partial charge is 0.426 e. The molecule has 6 aliphatic rings. The highest BCUT2D eigenvalue weighted by Gasteiger charge is 2.67. The normalized spacial score (nSPS) is 31.9. The van der Waals surface area contributed by atoms with Crippen molar-refractivity contribution >= 4 is 40.8 Å². The number of esters is 1. The van der Waals surface area contributed by atoms with Gasteiger partial charge in [-0.1, -0.05) is 18.2 Å². The summed E-state index contributed by atoms with van der Waals surface area (Å²) in [5.41, 5.74) is 1.20. The van der Waals surface area contributed by atoms with Crippen molar-refractivity contribution in [2.45, 2.75) is 19.8 Å². The molecule has 2 saturated carbocycles. The van der Waals surface area contributed by atoms with E-state index in [0.29, 0.717) is 28.8 Å². The Morgan fingerprint density at radius 3 is 2.18 bits per heavy atom. The maximum absolute atomic E-state index is 13.3. The number of nitrogens with zero attached hydrogens (tertiary/aromatic N) is 3. The molecule has 2 saturated heterocycles. The first-order chi connectivity index (χ1) is 18.7. The number of nitro benzene ring substituents is 1. The van der Waals surface area contributed by atoms with Crippen LogP contribution < -0.4 is 14.5 Å². The lowest BCUT2D eigenvalue weighted by atomic mass is 9.63. The summed E-state index contributed by atoms with van der Waals surface area (Å²) in [6.07, 6.45) is 5.29. The molecule has 0 aromatic heterocycles. The van der Waals surface area contributed by atoms with Crippen molar-refractivity contribution in [3.05, 3.63) is 70.3 Å². The highest BCUT2D eigenvalue weighted by Crippen LogP contribution is 2.65. The van der Waals surface area contributed by atoms with Gasteiger partial charge in [0.15, 0.2) is 0 Å². The SMILES string of the molecule is Cc1ccc(N2C[C@H](C(=O)Oc3ccc(N4C(=O)[C@@H]5[C@H]6C=C[C@@H]([C@@H]7C[C@H]67)[C@H]5C4=O)cc3)CC2=O)cc1[N+](=O)[O-]. The Morgan fingerprint density at radius 1 is 0.949 bits per heavy atom. The van der Waals surface area contributed by atoms with E-state index in [-0.39, 0.29) is 65.8 Å². The molecule has 4 fully saturated rings. The van der Waals surface area contributed by atoms with E-state index in [1.54, 1.807) is 31.2 Å². The van der Waals surface area contributed by atoms with E-state index in [2.05, 4.69) is 12.2 Å². The van der Waals surface area contributed by atoms with Crippen molar-refractivity contribution in [3.8, 4) is 5.75 Å². The van der Waals surface area contributed by atoms with E-state index in [4.69, 9.17) is 4.74 Å². The smallest absolute Gasteiger partial charge is 0.316 e. The van der Waals surface area contributed by atoms with Gasteiger partial charge in [-0.3, -0.25) is 34.2 Å². The van der Waals surface area contributed by atoms with Crippen LogP contribution in [0.15, 0.2) is 54.6 Å². The monoisotopic (exact) mass is 527 g/mol. The Bertz CT molecular complexity index is 1460. The number of hydrogen-bond donors (Lipinski definition) is 0. The fraction of sp³-hybridized carbons (Fsp3) is 0.379. The van der Waals surface area contributed by atoms with Crippen molar-refractivity contribution < 1.29 is 28.8 Å². The Morgan fingerprint density at radius 2 is 1.56 bits per heavy atom. The van der Waals surface area contributed by atoms with Gasteiger partial charge in [0.1, 0.15) is 5.75 Å². The molecule has 8 rings (SSSR count). The molecule has 3 amide bonds.